The van der Waals surface area contributed by atoms with Gasteiger partial charge in [-0.3, -0.25) is 101 Å². The van der Waals surface area contributed by atoms with E-state index in [1.807, 2.05) is 0 Å². The third kappa shape index (κ3) is 38.0. The van der Waals surface area contributed by atoms with Crippen LogP contribution in [0.5, 0.6) is 0 Å². The van der Waals surface area contributed by atoms with Gasteiger partial charge in [-0.2, -0.15) is 11.8 Å². The molecule has 5 fully saturated rings. The average molecular weight is 2030 g/mol. The molecule has 0 saturated carbocycles. The van der Waals surface area contributed by atoms with Crippen LogP contribution >= 0.6 is 33.3 Å². The van der Waals surface area contributed by atoms with Gasteiger partial charge in [-0.15, -0.1) is 0 Å². The Balaban J connectivity index is 1.48. The summed E-state index contributed by atoms with van der Waals surface area (Å²) in [7, 11) is 2.20. The number of aliphatic hydroxyl groups excluding tert-OH is 1. The normalized spacial score (nSPS) is 24.2. The quantitative estimate of drug-likeness (QED) is 0.0131. The molecule has 1 aromatic rings. The Morgan fingerprint density at radius 2 is 1.02 bits per heavy atom. The van der Waals surface area contributed by atoms with Crippen LogP contribution in [0.25, 0.3) is 0 Å². The van der Waals surface area contributed by atoms with Crippen molar-refractivity contribution in [2.75, 3.05) is 75.9 Å². The van der Waals surface area contributed by atoms with Crippen LogP contribution in [0.2, 0.25) is 0 Å². The van der Waals surface area contributed by atoms with Crippen LogP contribution in [0.3, 0.4) is 0 Å². The molecule has 5 aliphatic heterocycles. The van der Waals surface area contributed by atoms with Crippen molar-refractivity contribution in [3.05, 3.63) is 35.9 Å². The van der Waals surface area contributed by atoms with Gasteiger partial charge in [0.05, 0.1) is 13.0 Å². The number of thioether (sulfide) groups is 1. The van der Waals surface area contributed by atoms with E-state index in [-0.39, 0.29) is 197 Å². The van der Waals surface area contributed by atoms with Crippen LogP contribution < -0.4 is 97.4 Å². The second kappa shape index (κ2) is 60.2. The number of hydrogen-bond donors (Lipinski definition) is 22. The fraction of sp³-hybridized carbons (Fsp3) is 0.703. The summed E-state index contributed by atoms with van der Waals surface area (Å²) >= 11 is 1.33. The molecule has 140 heavy (non-hydrogen) atoms. The number of carboxylic acids is 2. The van der Waals surface area contributed by atoms with Crippen LogP contribution in [0, 0.1) is 23.2 Å². The lowest BCUT2D eigenvalue weighted by Gasteiger charge is -2.33. The molecule has 5 heterocycles. The lowest BCUT2D eigenvalue weighted by atomic mass is 10.00. The highest BCUT2D eigenvalue weighted by Crippen LogP contribution is 2.30. The predicted molar refractivity (Wildman–Crippen MR) is 521 cm³/mol. The fourth-order valence-electron chi connectivity index (χ4n) is 17.3. The summed E-state index contributed by atoms with van der Waals surface area (Å²) in [5.74, 6) is -20.0. The molecule has 5 saturated heterocycles. The van der Waals surface area contributed by atoms with E-state index in [4.69, 9.17) is 28.3 Å². The molecule has 0 aliphatic carbocycles. The highest BCUT2D eigenvalue weighted by Gasteiger charge is 2.48. The number of aliphatic hydroxyl groups is 1. The number of benzene rings is 1. The van der Waals surface area contributed by atoms with E-state index in [2.05, 4.69) is 74.4 Å². The van der Waals surface area contributed by atoms with Gasteiger partial charge in [0.1, 0.15) is 103 Å². The molecule has 0 unspecified atom stereocenters. The third-order valence-corrected chi connectivity index (χ3v) is 27.8. The maximum Gasteiger partial charge on any atom is 0.305 e. The number of hydrogen-bond acceptors (Lipinski definition) is 27. The summed E-state index contributed by atoms with van der Waals surface area (Å²) in [6.45, 7) is 10.9. The van der Waals surface area contributed by atoms with Gasteiger partial charge < -0.3 is 132 Å². The summed E-state index contributed by atoms with van der Waals surface area (Å²) in [5, 5.41) is 75.7. The highest BCUT2D eigenvalue weighted by atomic mass is 33.1. The number of carbonyl (C=O) groups excluding carboxylic acids is 18. The molecule has 0 radical (unpaired) electrons. The molecular weight excluding hydrogens is 1880 g/mol. The van der Waals surface area contributed by atoms with Crippen molar-refractivity contribution in [3.8, 4) is 0 Å². The van der Waals surface area contributed by atoms with E-state index in [1.165, 1.54) is 33.4 Å². The maximum atomic E-state index is 15.6. The smallest absolute Gasteiger partial charge is 0.305 e. The highest BCUT2D eigenvalue weighted by molar-refractivity contribution is 8.76. The first-order valence-corrected chi connectivity index (χ1v) is 52.1. The van der Waals surface area contributed by atoms with E-state index in [1.54, 1.807) is 78.1 Å². The molecule has 6 rings (SSSR count). The molecule has 782 valence electrons. The van der Waals surface area contributed by atoms with Crippen molar-refractivity contribution in [1.82, 2.24) is 94.0 Å². The van der Waals surface area contributed by atoms with Crippen molar-refractivity contribution in [3.63, 3.8) is 0 Å². The number of carbonyl (C=O) groups is 20. The number of rotatable bonds is 41. The molecule has 46 nitrogen and oxygen atoms in total. The molecule has 49 heteroatoms. The van der Waals surface area contributed by atoms with E-state index < -0.39 is 252 Å². The maximum absolute atomic E-state index is 15.6. The molecule has 18 amide bonds. The van der Waals surface area contributed by atoms with E-state index >= 15 is 38.4 Å². The van der Waals surface area contributed by atoms with Crippen molar-refractivity contribution < 1.29 is 111 Å². The number of fused-ring (bicyclic) bond motifs is 1. The second-order valence-corrected chi connectivity index (χ2v) is 40.7. The van der Waals surface area contributed by atoms with Gasteiger partial charge in [-0.1, -0.05) is 93.5 Å². The summed E-state index contributed by atoms with van der Waals surface area (Å²) in [6.07, 6.45) is 1.12. The molecule has 26 N–H and O–H groups in total. The number of likely N-dealkylation sites (tertiary alicyclic amines) is 3. The minimum atomic E-state index is -2.01. The zero-order chi connectivity index (χ0) is 104. The predicted octanol–water partition coefficient (Wildman–Crippen LogP) is -3.47. The number of nitrogens with one attached hydrogen (secondary N) is 15. The third-order valence-electron chi connectivity index (χ3n) is 24.7. The molecule has 17 atom stereocenters. The van der Waals surface area contributed by atoms with E-state index in [9.17, 15) is 72.9 Å². The molecule has 0 bridgehead atoms. The fourth-order valence-corrected chi connectivity index (χ4v) is 20.0. The van der Waals surface area contributed by atoms with E-state index in [0.717, 1.165) is 26.5 Å². The summed E-state index contributed by atoms with van der Waals surface area (Å²) in [4.78, 5) is 293. The van der Waals surface area contributed by atoms with E-state index in [0.29, 0.717) is 31.2 Å². The Morgan fingerprint density at radius 1 is 0.514 bits per heavy atom. The molecule has 1 aromatic carbocycles. The Kier molecular flexibility index (Phi) is 50.5. The van der Waals surface area contributed by atoms with Gasteiger partial charge in [0.15, 0.2) is 5.96 Å². The summed E-state index contributed by atoms with van der Waals surface area (Å²) in [6, 6.07) is -16.8. The van der Waals surface area contributed by atoms with Crippen molar-refractivity contribution in [2.45, 2.75) is 312 Å². The number of carboxylic acid groups (broad SMARTS) is 2. The molecule has 0 spiro atoms. The minimum absolute atomic E-state index is 0.00248. The Bertz CT molecular complexity index is 4430. The standard InChI is InChI=1S/C91H147N23O23S3/c1-50(2)45-62-80(127)101-57(25-16-37-97-91(95)96)75(122)100-56(23-12-14-35-92)76(123)109-65(46-51(3)4)88(135)111-38-17-26-67(111)86(133)108-64(48-72(119)120)82(129)110-66(49-115)83(130)107-63(47-54-21-10-9-11-22-54)81(128)103-59(78(125)105-61(24-13-15-36-93)87(134)114-41-20-29-70(114)89(136)112-39-18-27-68(112)84(131)99-55(74(94)121)30-31-71(117)118)33-43-139-140-44-34-60(79(126)106-62)102-77(124)58(32-42-138-8)104-85(132)69-28-19-40-113(69)90(137)73(52(5)6)98-53(7)116/h9-11,21-22,50-52,55-70,73,115H,12-20,23-49,92-93H2,1-8H3,(H2,94,121)(H,98,116)(H,99,131)(H,100,122)(H,101,127)(H,102,124)(H,103,128)(H,104,132)(H,105,125)(H,106,126)(H,107,130)(H,108,133)(H,109,123)(H,110,129)(H,117,118)(H,119,120)(H4,95,96,97)/t55-,56-,57-,58-,59-,60-,61-,62-,63-,64-,65-,66-,67-,68-,69-,70-,73-/m0/s1. The topological polar surface area (TPSA) is 711 Å². The van der Waals surface area contributed by atoms with Crippen LogP contribution in [0.1, 0.15) is 208 Å². The van der Waals surface area contributed by atoms with Crippen LogP contribution in [-0.4, -0.2) is 338 Å². The zero-order valence-corrected chi connectivity index (χ0v) is 83.7. The Morgan fingerprint density at radius 3 is 1.60 bits per heavy atom. The van der Waals surface area contributed by atoms with Gasteiger partial charge >= 0.3 is 11.9 Å². The van der Waals surface area contributed by atoms with Gasteiger partial charge in [0.2, 0.25) is 106 Å². The lowest BCUT2D eigenvalue weighted by molar-refractivity contribution is -0.148. The summed E-state index contributed by atoms with van der Waals surface area (Å²) < 4.78 is 0. The van der Waals surface area contributed by atoms with Crippen LogP contribution in [0.4, 0.5) is 0 Å². The first-order valence-electron chi connectivity index (χ1n) is 48.3. The first kappa shape index (κ1) is 118. The van der Waals surface area contributed by atoms with Gasteiger partial charge in [0.25, 0.3) is 0 Å². The van der Waals surface area contributed by atoms with Gasteiger partial charge in [0, 0.05) is 64.0 Å². The largest absolute Gasteiger partial charge is 0.481 e. The monoisotopic (exact) mass is 2030 g/mol. The van der Waals surface area contributed by atoms with Crippen molar-refractivity contribution in [1.29, 1.82) is 5.41 Å². The SMILES string of the molecule is CSCC[C@H](NC(=O)[C@@H]1CCCN1C(=O)[C@@H](NC(C)=O)C(C)C)C(=O)N[C@H]1CCSSCC[C@@H](C(=O)N[C@@H](CCCCN)C(=O)N2CCC[C@H]2C(=O)N2CCC[C@H]2C(=O)N[C@@H](CCC(=O)O)C(N)=O)NC(=O)[C@H](Cc2ccccc2)NC(=O)[C@H](CO)NC(=O)[C@H](CC(=O)O)NC(=O)[C@@H]2CCCN2C(=O)[C@H](CC(C)C)NC(=O)[C@H](CCCCN)NC(=O)[C@H](CCCNC(=N)N)NC(=O)[C@H](CC(C)C)NC1=O. The van der Waals surface area contributed by atoms with Crippen molar-refractivity contribution >= 4 is 158 Å². The lowest BCUT2D eigenvalue weighted by Crippen LogP contribution is -2.61. The number of amides is 18. The number of guanidine groups is 1. The first-order chi connectivity index (χ1) is 66.5. The number of nitrogens with two attached hydrogens (primary N) is 4. The minimum Gasteiger partial charge on any atom is -0.481 e. The number of unbranched alkanes of at least 4 members (excludes halogenated alkanes) is 2. The van der Waals surface area contributed by atoms with Crippen molar-refractivity contribution in [2.24, 2.45) is 40.7 Å². The van der Waals surface area contributed by atoms with Crippen LogP contribution in [0.15, 0.2) is 30.3 Å². The molecule has 0 aromatic heterocycles. The Labute approximate surface area is 828 Å². The second-order valence-electron chi connectivity index (χ2n) is 37.0. The van der Waals surface area contributed by atoms with Crippen LogP contribution in [-0.2, 0) is 102 Å². The molecule has 5 aliphatic rings. The Hall–Kier alpha value is -11.2. The van der Waals surface area contributed by atoms with Gasteiger partial charge in [-0.25, -0.2) is 0 Å². The number of primary amides is 1. The zero-order valence-electron chi connectivity index (χ0n) is 81.2. The number of aliphatic carboxylic acids is 2. The summed E-state index contributed by atoms with van der Waals surface area (Å²) in [5.41, 5.74) is 23.5. The van der Waals surface area contributed by atoms with Gasteiger partial charge in [-0.05, 0) is 190 Å². The average Bonchev–Trinajstić information content (AvgIpc) is 1.64. The molecular formula is C91H147N23O23S3. The number of nitrogens with zero attached hydrogens (tertiary/aromatic N) is 4.